The maximum absolute atomic E-state index is 15.1. The third-order valence-corrected chi connectivity index (χ3v) is 10.6. The van der Waals surface area contributed by atoms with Gasteiger partial charge in [-0.3, -0.25) is 24.7 Å². The fourth-order valence-corrected chi connectivity index (χ4v) is 7.60. The molecule has 0 bridgehead atoms. The van der Waals surface area contributed by atoms with E-state index < -0.39 is 43.2 Å². The summed E-state index contributed by atoms with van der Waals surface area (Å²) in [6.45, 7) is 0.691. The minimum atomic E-state index is -4.72. The molecule has 5 aromatic rings. The van der Waals surface area contributed by atoms with Crippen LogP contribution in [0.5, 0.6) is 5.75 Å². The molecule has 1 saturated heterocycles. The Labute approximate surface area is 307 Å². The second-order valence-corrected chi connectivity index (χ2v) is 14.5. The molecule has 2 aromatic heterocycles. The van der Waals surface area contributed by atoms with Gasteiger partial charge in [0, 0.05) is 78.5 Å². The third-order valence-electron chi connectivity index (χ3n) is 8.18. The highest BCUT2D eigenvalue weighted by atomic mass is 32.2. The molecule has 1 fully saturated rings. The lowest BCUT2D eigenvalue weighted by Crippen LogP contribution is -2.49. The highest BCUT2D eigenvalue weighted by Crippen LogP contribution is 2.37. The van der Waals surface area contributed by atoms with E-state index in [1.807, 2.05) is 35.1 Å². The number of hydrogen-bond acceptors (Lipinski definition) is 13. The van der Waals surface area contributed by atoms with E-state index in [4.69, 9.17) is 0 Å². The molecule has 3 heterocycles. The minimum Gasteiger partial charge on any atom is -0.506 e. The number of piperazine rings is 1. The summed E-state index contributed by atoms with van der Waals surface area (Å²) < 4.78 is 44.6. The zero-order valence-corrected chi connectivity index (χ0v) is 29.4. The summed E-state index contributed by atoms with van der Waals surface area (Å²) in [6.07, 6.45) is 3.91. The van der Waals surface area contributed by atoms with Crippen molar-refractivity contribution < 1.29 is 32.4 Å². The van der Waals surface area contributed by atoms with Gasteiger partial charge in [0.1, 0.15) is 22.1 Å². The number of pyridine rings is 1. The minimum absolute atomic E-state index is 0.0638. The number of nitrogens with zero attached hydrogens (tertiary/aromatic N) is 6. The first-order valence-electron chi connectivity index (χ1n) is 16.1. The molecule has 6 rings (SSSR count). The average Bonchev–Trinajstić information content (AvgIpc) is 3.16. The van der Waals surface area contributed by atoms with Crippen molar-refractivity contribution in [3.05, 3.63) is 125 Å². The summed E-state index contributed by atoms with van der Waals surface area (Å²) >= 11 is 1.53. The number of halogens is 1. The van der Waals surface area contributed by atoms with E-state index in [1.165, 1.54) is 71.7 Å². The smallest absolute Gasteiger partial charge is 0.293 e. The first-order chi connectivity index (χ1) is 25.5. The monoisotopic (exact) mass is 758 g/mol. The molecular formula is C35H31FN8O7S2. The topological polar surface area (TPSA) is 201 Å². The average molecular weight is 759 g/mol. The molecule has 0 spiro atoms. The quantitative estimate of drug-likeness (QED) is 0.0692. The number of aromatic hydroxyl groups is 1. The zero-order chi connectivity index (χ0) is 37.5. The third kappa shape index (κ3) is 8.67. The van der Waals surface area contributed by atoms with Gasteiger partial charge in [0.15, 0.2) is 5.69 Å². The first kappa shape index (κ1) is 36.6. The lowest BCUT2D eigenvalue weighted by atomic mass is 10.0. The van der Waals surface area contributed by atoms with Gasteiger partial charge in [0.25, 0.3) is 27.5 Å². The number of thioether (sulfide) groups is 1. The van der Waals surface area contributed by atoms with Crippen LogP contribution in [0.3, 0.4) is 0 Å². The molecule has 0 unspecified atom stereocenters. The second kappa shape index (κ2) is 16.0. The Morgan fingerprint density at radius 3 is 2.43 bits per heavy atom. The number of aromatic nitrogens is 3. The van der Waals surface area contributed by atoms with E-state index in [-0.39, 0.29) is 60.1 Å². The van der Waals surface area contributed by atoms with E-state index in [9.17, 15) is 33.2 Å². The Kier molecular flexibility index (Phi) is 11.1. The molecule has 3 aromatic carbocycles. The number of hydrogen-bond donors (Lipinski definition) is 3. The van der Waals surface area contributed by atoms with Gasteiger partial charge in [0.2, 0.25) is 0 Å². The van der Waals surface area contributed by atoms with E-state index in [0.29, 0.717) is 17.9 Å². The zero-order valence-electron chi connectivity index (χ0n) is 27.8. The van der Waals surface area contributed by atoms with Crippen LogP contribution in [0, 0.1) is 15.9 Å². The fraction of sp³-hybridized carbons (Fsp3) is 0.171. The van der Waals surface area contributed by atoms with E-state index in [0.717, 1.165) is 17.0 Å². The number of benzene rings is 3. The molecule has 2 amide bonds. The van der Waals surface area contributed by atoms with Crippen LogP contribution < -0.4 is 14.9 Å². The van der Waals surface area contributed by atoms with Crippen molar-refractivity contribution in [2.24, 2.45) is 0 Å². The van der Waals surface area contributed by atoms with Crippen LogP contribution in [0.25, 0.3) is 11.1 Å². The Bertz CT molecular complexity index is 2260. The van der Waals surface area contributed by atoms with E-state index in [2.05, 4.69) is 20.5 Å². The van der Waals surface area contributed by atoms with Gasteiger partial charge in [-0.15, -0.1) is 16.9 Å². The lowest BCUT2D eigenvalue weighted by molar-refractivity contribution is -0.384. The van der Waals surface area contributed by atoms with Crippen molar-refractivity contribution in [1.82, 2.24) is 24.8 Å². The van der Waals surface area contributed by atoms with Gasteiger partial charge in [-0.25, -0.2) is 17.5 Å². The van der Waals surface area contributed by atoms with Gasteiger partial charge >= 0.3 is 0 Å². The highest BCUT2D eigenvalue weighted by Gasteiger charge is 2.32. The maximum atomic E-state index is 15.1. The molecule has 1 aliphatic heterocycles. The number of anilines is 2. The Balaban J connectivity index is 1.25. The van der Waals surface area contributed by atoms with Crippen LogP contribution in [0.4, 0.5) is 21.5 Å². The van der Waals surface area contributed by atoms with Crippen LogP contribution >= 0.6 is 11.8 Å². The molecule has 0 atom stereocenters. The number of nitro groups is 1. The van der Waals surface area contributed by atoms with Crippen LogP contribution in [0.1, 0.15) is 20.8 Å². The number of nitrogens with one attached hydrogen (secondary N) is 2. The molecule has 3 N–H and O–H groups in total. The molecule has 53 heavy (non-hydrogen) atoms. The Hall–Kier alpha value is -6.14. The van der Waals surface area contributed by atoms with Gasteiger partial charge in [-0.05, 0) is 48.5 Å². The van der Waals surface area contributed by atoms with Crippen molar-refractivity contribution in [3.63, 3.8) is 0 Å². The van der Waals surface area contributed by atoms with Gasteiger partial charge in [-0.1, -0.05) is 24.3 Å². The number of nitro benzene ring substituents is 1. The number of sulfonamides is 1. The molecule has 0 saturated carbocycles. The van der Waals surface area contributed by atoms with Crippen molar-refractivity contribution in [3.8, 4) is 16.9 Å². The Morgan fingerprint density at radius 2 is 1.75 bits per heavy atom. The fourth-order valence-electron chi connectivity index (χ4n) is 5.63. The van der Waals surface area contributed by atoms with E-state index in [1.54, 1.807) is 4.90 Å². The second-order valence-electron chi connectivity index (χ2n) is 11.6. The van der Waals surface area contributed by atoms with Crippen LogP contribution in [0.2, 0.25) is 0 Å². The molecule has 272 valence electrons. The summed E-state index contributed by atoms with van der Waals surface area (Å²) in [5.74, 6) is -1.83. The number of carbonyl (C=O) groups excluding carboxylic acids is 2. The normalized spacial score (nSPS) is 13.0. The number of carbonyl (C=O) groups is 2. The summed E-state index contributed by atoms with van der Waals surface area (Å²) in [4.78, 5) is 45.3. The summed E-state index contributed by atoms with van der Waals surface area (Å²) in [6, 6.07) is 19.8. The maximum Gasteiger partial charge on any atom is 0.293 e. The summed E-state index contributed by atoms with van der Waals surface area (Å²) in [7, 11) is -4.72. The molecule has 0 radical (unpaired) electrons. The van der Waals surface area contributed by atoms with Crippen molar-refractivity contribution in [2.45, 2.75) is 9.79 Å². The number of amides is 2. The summed E-state index contributed by atoms with van der Waals surface area (Å²) in [5.41, 5.74) is -0.109. The van der Waals surface area contributed by atoms with Crippen LogP contribution in [-0.2, 0) is 10.0 Å². The first-order valence-corrected chi connectivity index (χ1v) is 18.5. The molecule has 0 aliphatic carbocycles. The van der Waals surface area contributed by atoms with E-state index >= 15 is 4.39 Å². The predicted molar refractivity (Wildman–Crippen MR) is 195 cm³/mol. The standard InChI is InChI=1S/C35H31FN8O7S2/c36-28-18-23(8-9-27(28)24-17-25(45)22-37-21-24)35(47)43-14-12-42(13-15-43)32-19-30(38-11-16-52-26-5-2-1-3-6-26)31(44(48)49)20-33(32)53(50,51)41-34(46)29-7-4-10-39-40-29/h1-10,17-22,38,45H,11-16H2,(H,41,46). The highest BCUT2D eigenvalue weighted by molar-refractivity contribution is 7.99. The Morgan fingerprint density at radius 1 is 0.981 bits per heavy atom. The molecule has 18 heteroatoms. The molecular weight excluding hydrogens is 728 g/mol. The van der Waals surface area contributed by atoms with Crippen molar-refractivity contribution in [1.29, 1.82) is 0 Å². The molecule has 1 aliphatic rings. The van der Waals surface area contributed by atoms with Gasteiger partial charge < -0.3 is 20.2 Å². The molecule has 15 nitrogen and oxygen atoms in total. The van der Waals surface area contributed by atoms with Crippen molar-refractivity contribution >= 4 is 50.7 Å². The predicted octanol–water partition coefficient (Wildman–Crippen LogP) is 4.58. The van der Waals surface area contributed by atoms with Crippen LogP contribution in [-0.4, -0.2) is 88.8 Å². The van der Waals surface area contributed by atoms with Crippen molar-refractivity contribution in [2.75, 3.05) is 48.7 Å². The van der Waals surface area contributed by atoms with Gasteiger partial charge in [0.05, 0.1) is 16.8 Å². The number of rotatable bonds is 12. The lowest BCUT2D eigenvalue weighted by Gasteiger charge is -2.37. The van der Waals surface area contributed by atoms with Crippen LogP contribution in [0.15, 0.2) is 107 Å². The summed E-state index contributed by atoms with van der Waals surface area (Å²) in [5, 5.41) is 32.3. The van der Waals surface area contributed by atoms with Gasteiger partial charge in [-0.2, -0.15) is 5.10 Å². The largest absolute Gasteiger partial charge is 0.506 e. The SMILES string of the molecule is O=C(NS(=O)(=O)c1cc([N+](=O)[O-])c(NCCSc2ccccc2)cc1N1CCN(C(=O)c2ccc(-c3cncc(O)c3)c(F)c2)CC1)c1cccnn1.